The molecule has 4 heteroatoms. The van der Waals surface area contributed by atoms with Gasteiger partial charge in [-0.3, -0.25) is 0 Å². The third-order valence-corrected chi connectivity index (χ3v) is 5.01. The quantitative estimate of drug-likeness (QED) is 0.863. The summed E-state index contributed by atoms with van der Waals surface area (Å²) in [4.78, 5) is 8.93. The molecule has 0 saturated heterocycles. The van der Waals surface area contributed by atoms with Crippen molar-refractivity contribution in [3.05, 3.63) is 11.9 Å². The van der Waals surface area contributed by atoms with E-state index in [2.05, 4.69) is 34.4 Å². The van der Waals surface area contributed by atoms with Gasteiger partial charge in [0.05, 0.1) is 0 Å². The first kappa shape index (κ1) is 13.7. The average molecular weight is 274 g/mol. The summed E-state index contributed by atoms with van der Waals surface area (Å²) < 4.78 is 0. The molecule has 0 aromatic carbocycles. The summed E-state index contributed by atoms with van der Waals surface area (Å²) in [6.07, 6.45) is 5.77. The Morgan fingerprint density at radius 1 is 1.25 bits per heavy atom. The second kappa shape index (κ2) is 5.58. The first-order valence-corrected chi connectivity index (χ1v) is 8.01. The lowest BCUT2D eigenvalue weighted by atomic mass is 9.84. The van der Waals surface area contributed by atoms with Gasteiger partial charge in [-0.15, -0.1) is 0 Å². The van der Waals surface area contributed by atoms with Crippen LogP contribution >= 0.6 is 0 Å². The number of aryl methyl sites for hydroxylation is 1. The number of hydrogen-bond donors (Lipinski definition) is 2. The molecular weight excluding hydrogens is 248 g/mol. The second-order valence-corrected chi connectivity index (χ2v) is 6.49. The van der Waals surface area contributed by atoms with Crippen molar-refractivity contribution >= 4 is 11.6 Å². The van der Waals surface area contributed by atoms with Gasteiger partial charge in [0.1, 0.15) is 17.5 Å². The summed E-state index contributed by atoms with van der Waals surface area (Å²) in [6, 6.07) is 2.54. The van der Waals surface area contributed by atoms with Crippen LogP contribution in [0.15, 0.2) is 6.07 Å². The van der Waals surface area contributed by atoms with Crippen LogP contribution in [0.2, 0.25) is 0 Å². The van der Waals surface area contributed by atoms with Crippen molar-refractivity contribution < 1.29 is 0 Å². The highest BCUT2D eigenvalue weighted by atomic mass is 15.1. The standard InChI is InChI=1S/C16H26N4/c1-4-17-15-9-16(20-11(3)19-15)18-10(2)14-8-12-5-6-13(14)7-12/h9-10,12-14H,4-8H2,1-3H3,(H2,17,18,19,20). The Bertz CT molecular complexity index is 474. The molecule has 110 valence electrons. The maximum atomic E-state index is 4.53. The summed E-state index contributed by atoms with van der Waals surface area (Å²) in [5, 5.41) is 6.88. The highest BCUT2D eigenvalue weighted by molar-refractivity contribution is 5.48. The first-order chi connectivity index (χ1) is 9.65. The summed E-state index contributed by atoms with van der Waals surface area (Å²) >= 11 is 0. The van der Waals surface area contributed by atoms with Gasteiger partial charge in [0, 0.05) is 18.7 Å². The number of hydrogen-bond acceptors (Lipinski definition) is 4. The number of anilines is 2. The van der Waals surface area contributed by atoms with Gasteiger partial charge in [0.25, 0.3) is 0 Å². The van der Waals surface area contributed by atoms with Crippen molar-refractivity contribution in [3.8, 4) is 0 Å². The molecule has 0 radical (unpaired) electrons. The largest absolute Gasteiger partial charge is 0.370 e. The molecule has 0 amide bonds. The van der Waals surface area contributed by atoms with Crippen molar-refractivity contribution in [1.29, 1.82) is 0 Å². The van der Waals surface area contributed by atoms with E-state index in [9.17, 15) is 0 Å². The highest BCUT2D eigenvalue weighted by Crippen LogP contribution is 2.49. The molecule has 20 heavy (non-hydrogen) atoms. The normalized spacial score (nSPS) is 29.4. The molecule has 1 heterocycles. The molecule has 2 N–H and O–H groups in total. The third-order valence-electron chi connectivity index (χ3n) is 5.01. The molecule has 0 spiro atoms. The van der Waals surface area contributed by atoms with Crippen LogP contribution in [-0.2, 0) is 0 Å². The van der Waals surface area contributed by atoms with E-state index in [1.807, 2.05) is 13.0 Å². The number of nitrogens with one attached hydrogen (secondary N) is 2. The maximum Gasteiger partial charge on any atom is 0.132 e. The molecule has 2 bridgehead atoms. The van der Waals surface area contributed by atoms with Gasteiger partial charge in [-0.2, -0.15) is 0 Å². The Labute approximate surface area is 121 Å². The highest BCUT2D eigenvalue weighted by Gasteiger charge is 2.41. The monoisotopic (exact) mass is 274 g/mol. The Hall–Kier alpha value is -1.32. The van der Waals surface area contributed by atoms with Gasteiger partial charge >= 0.3 is 0 Å². The fourth-order valence-corrected chi connectivity index (χ4v) is 4.16. The van der Waals surface area contributed by atoms with Gasteiger partial charge in [-0.25, -0.2) is 9.97 Å². The molecule has 1 aromatic rings. The maximum absolute atomic E-state index is 4.53. The molecule has 2 fully saturated rings. The summed E-state index contributed by atoms with van der Waals surface area (Å²) in [5.74, 6) is 5.47. The Morgan fingerprint density at radius 2 is 2.05 bits per heavy atom. The zero-order chi connectivity index (χ0) is 14.1. The van der Waals surface area contributed by atoms with Gasteiger partial charge in [0.2, 0.25) is 0 Å². The minimum atomic E-state index is 0.508. The lowest BCUT2D eigenvalue weighted by Gasteiger charge is -2.29. The van der Waals surface area contributed by atoms with E-state index in [-0.39, 0.29) is 0 Å². The van der Waals surface area contributed by atoms with Gasteiger partial charge in [-0.1, -0.05) is 6.42 Å². The van der Waals surface area contributed by atoms with Gasteiger partial charge < -0.3 is 10.6 Å². The molecule has 1 aromatic heterocycles. The van der Waals surface area contributed by atoms with Crippen LogP contribution in [0.4, 0.5) is 11.6 Å². The van der Waals surface area contributed by atoms with Crippen molar-refractivity contribution in [2.24, 2.45) is 17.8 Å². The average Bonchev–Trinajstić information content (AvgIpc) is 3.00. The van der Waals surface area contributed by atoms with Crippen LogP contribution in [0.25, 0.3) is 0 Å². The summed E-state index contributed by atoms with van der Waals surface area (Å²) in [5.41, 5.74) is 0. The van der Waals surface area contributed by atoms with Crippen molar-refractivity contribution in [3.63, 3.8) is 0 Å². The Morgan fingerprint density at radius 3 is 2.70 bits per heavy atom. The lowest BCUT2D eigenvalue weighted by Crippen LogP contribution is -2.30. The Balaban J connectivity index is 1.67. The van der Waals surface area contributed by atoms with E-state index in [1.54, 1.807) is 0 Å². The first-order valence-electron chi connectivity index (χ1n) is 8.01. The number of aromatic nitrogens is 2. The van der Waals surface area contributed by atoms with Crippen LogP contribution in [0.3, 0.4) is 0 Å². The number of fused-ring (bicyclic) bond motifs is 2. The van der Waals surface area contributed by atoms with Crippen LogP contribution in [-0.4, -0.2) is 22.6 Å². The third kappa shape index (κ3) is 2.74. The minimum Gasteiger partial charge on any atom is -0.370 e. The van der Waals surface area contributed by atoms with Crippen LogP contribution < -0.4 is 10.6 Å². The second-order valence-electron chi connectivity index (χ2n) is 6.49. The molecule has 2 saturated carbocycles. The predicted octanol–water partition coefficient (Wildman–Crippen LogP) is 3.45. The molecular formula is C16H26N4. The number of rotatable bonds is 5. The van der Waals surface area contributed by atoms with Crippen LogP contribution in [0.1, 0.15) is 45.4 Å². The van der Waals surface area contributed by atoms with Gasteiger partial charge in [-0.05, 0) is 57.8 Å². The zero-order valence-corrected chi connectivity index (χ0v) is 12.8. The van der Waals surface area contributed by atoms with Crippen molar-refractivity contribution in [1.82, 2.24) is 9.97 Å². The van der Waals surface area contributed by atoms with E-state index >= 15 is 0 Å². The molecule has 4 nitrogen and oxygen atoms in total. The fourth-order valence-electron chi connectivity index (χ4n) is 4.16. The molecule has 4 atom stereocenters. The predicted molar refractivity (Wildman–Crippen MR) is 83.0 cm³/mol. The van der Waals surface area contributed by atoms with Crippen LogP contribution in [0.5, 0.6) is 0 Å². The van der Waals surface area contributed by atoms with E-state index in [1.165, 1.54) is 25.7 Å². The van der Waals surface area contributed by atoms with Crippen molar-refractivity contribution in [2.45, 2.75) is 52.5 Å². The molecule has 2 aliphatic rings. The smallest absolute Gasteiger partial charge is 0.132 e. The molecule has 4 unspecified atom stereocenters. The van der Waals surface area contributed by atoms with E-state index in [4.69, 9.17) is 0 Å². The number of nitrogens with zero attached hydrogens (tertiary/aromatic N) is 2. The minimum absolute atomic E-state index is 0.508. The zero-order valence-electron chi connectivity index (χ0n) is 12.8. The Kier molecular flexibility index (Phi) is 3.81. The molecule has 0 aliphatic heterocycles. The van der Waals surface area contributed by atoms with Crippen LogP contribution in [0, 0.1) is 24.7 Å². The summed E-state index contributed by atoms with van der Waals surface area (Å²) in [7, 11) is 0. The lowest BCUT2D eigenvalue weighted by molar-refractivity contribution is 0.304. The molecule has 3 rings (SSSR count). The van der Waals surface area contributed by atoms with Gasteiger partial charge in [0.15, 0.2) is 0 Å². The summed E-state index contributed by atoms with van der Waals surface area (Å²) in [6.45, 7) is 7.24. The molecule has 2 aliphatic carbocycles. The van der Waals surface area contributed by atoms with E-state index < -0.39 is 0 Å². The van der Waals surface area contributed by atoms with Crippen molar-refractivity contribution in [2.75, 3.05) is 17.2 Å². The van der Waals surface area contributed by atoms with E-state index in [0.29, 0.717) is 6.04 Å². The fraction of sp³-hybridized carbons (Fsp3) is 0.750. The SMILES string of the molecule is CCNc1cc(NC(C)C2CC3CCC2C3)nc(C)n1. The van der Waals surface area contributed by atoms with E-state index in [0.717, 1.165) is 41.8 Å². The topological polar surface area (TPSA) is 49.8 Å².